The summed E-state index contributed by atoms with van der Waals surface area (Å²) in [5.41, 5.74) is 5.66. The highest BCUT2D eigenvalue weighted by atomic mass is 32.2. The van der Waals surface area contributed by atoms with Crippen molar-refractivity contribution in [3.63, 3.8) is 0 Å². The normalized spacial score (nSPS) is 11.6. The minimum Gasteiger partial charge on any atom is -0.396 e. The van der Waals surface area contributed by atoms with E-state index in [4.69, 9.17) is 10.5 Å². The van der Waals surface area contributed by atoms with E-state index in [1.54, 1.807) is 6.07 Å². The molecule has 6 nitrogen and oxygen atoms in total. The summed E-state index contributed by atoms with van der Waals surface area (Å²) in [6, 6.07) is 3.07. The summed E-state index contributed by atoms with van der Waals surface area (Å²) in [6.45, 7) is 2.91. The maximum absolute atomic E-state index is 11.7. The summed E-state index contributed by atoms with van der Waals surface area (Å²) < 4.78 is 30.8. The third kappa shape index (κ3) is 3.44. The second-order valence-electron chi connectivity index (χ2n) is 2.99. The van der Waals surface area contributed by atoms with E-state index < -0.39 is 10.0 Å². The van der Waals surface area contributed by atoms with Gasteiger partial charge < -0.3 is 10.5 Å². The lowest BCUT2D eigenvalue weighted by molar-refractivity contribution is 0.153. The SMILES string of the molecule is CCOCCNS(=O)(=O)c1ncccc1N. The van der Waals surface area contributed by atoms with E-state index in [1.165, 1.54) is 12.3 Å². The van der Waals surface area contributed by atoms with Crippen LogP contribution < -0.4 is 10.5 Å². The molecular formula is C9H15N3O3S. The first-order valence-electron chi connectivity index (χ1n) is 4.86. The molecule has 0 fully saturated rings. The molecule has 0 atom stereocenters. The first-order chi connectivity index (χ1) is 7.58. The molecule has 0 aliphatic rings. The van der Waals surface area contributed by atoms with Crippen LogP contribution in [0, 0.1) is 0 Å². The molecule has 0 spiro atoms. The molecule has 16 heavy (non-hydrogen) atoms. The predicted octanol–water partition coefficient (Wildman–Crippen LogP) is -0.0214. The third-order valence-corrected chi connectivity index (χ3v) is 3.23. The number of nitrogen functional groups attached to an aromatic ring is 1. The Balaban J connectivity index is 2.68. The van der Waals surface area contributed by atoms with Gasteiger partial charge in [-0.15, -0.1) is 0 Å². The molecule has 3 N–H and O–H groups in total. The summed E-state index contributed by atoms with van der Waals surface area (Å²) in [5.74, 6) is 0. The summed E-state index contributed by atoms with van der Waals surface area (Å²) in [4.78, 5) is 3.73. The zero-order chi connectivity index (χ0) is 12.0. The molecule has 0 radical (unpaired) electrons. The van der Waals surface area contributed by atoms with Gasteiger partial charge in [-0.2, -0.15) is 0 Å². The quantitative estimate of drug-likeness (QED) is 0.687. The van der Waals surface area contributed by atoms with Crippen molar-refractivity contribution in [2.45, 2.75) is 11.9 Å². The van der Waals surface area contributed by atoms with E-state index >= 15 is 0 Å². The Morgan fingerprint density at radius 2 is 2.31 bits per heavy atom. The second-order valence-corrected chi connectivity index (χ2v) is 4.67. The molecule has 1 rings (SSSR count). The van der Waals surface area contributed by atoms with Gasteiger partial charge in [0.15, 0.2) is 5.03 Å². The van der Waals surface area contributed by atoms with Gasteiger partial charge >= 0.3 is 0 Å². The lowest BCUT2D eigenvalue weighted by atomic mass is 10.4. The summed E-state index contributed by atoms with van der Waals surface area (Å²) in [7, 11) is -3.64. The zero-order valence-electron chi connectivity index (χ0n) is 9.01. The largest absolute Gasteiger partial charge is 0.396 e. The number of hydrogen-bond donors (Lipinski definition) is 2. The van der Waals surface area contributed by atoms with Gasteiger partial charge in [-0.1, -0.05) is 0 Å². The Labute approximate surface area is 94.9 Å². The van der Waals surface area contributed by atoms with Crippen molar-refractivity contribution in [3.8, 4) is 0 Å². The third-order valence-electron chi connectivity index (χ3n) is 1.80. The second kappa shape index (κ2) is 5.78. The number of rotatable bonds is 6. The van der Waals surface area contributed by atoms with E-state index in [-0.39, 0.29) is 17.3 Å². The molecule has 1 aromatic heterocycles. The number of sulfonamides is 1. The van der Waals surface area contributed by atoms with Crippen molar-refractivity contribution in [1.82, 2.24) is 9.71 Å². The van der Waals surface area contributed by atoms with E-state index in [1.807, 2.05) is 6.92 Å². The van der Waals surface area contributed by atoms with Gasteiger partial charge in [0.05, 0.1) is 12.3 Å². The molecule has 0 aliphatic heterocycles. The fourth-order valence-corrected chi connectivity index (χ4v) is 2.16. The number of pyridine rings is 1. The topological polar surface area (TPSA) is 94.3 Å². The number of ether oxygens (including phenoxy) is 1. The number of hydrogen-bond acceptors (Lipinski definition) is 5. The van der Waals surface area contributed by atoms with Gasteiger partial charge in [-0.05, 0) is 19.1 Å². The van der Waals surface area contributed by atoms with Gasteiger partial charge in [0.2, 0.25) is 0 Å². The van der Waals surface area contributed by atoms with Crippen LogP contribution in [0.25, 0.3) is 0 Å². The van der Waals surface area contributed by atoms with Crippen molar-refractivity contribution in [2.24, 2.45) is 0 Å². The van der Waals surface area contributed by atoms with Crippen LogP contribution in [-0.4, -0.2) is 33.2 Å². The highest BCUT2D eigenvalue weighted by Crippen LogP contribution is 2.12. The van der Waals surface area contributed by atoms with E-state index in [9.17, 15) is 8.42 Å². The number of nitrogens with zero attached hydrogens (tertiary/aromatic N) is 1. The van der Waals surface area contributed by atoms with Crippen LogP contribution in [0.2, 0.25) is 0 Å². The average Bonchev–Trinajstić information content (AvgIpc) is 2.25. The standard InChI is InChI=1S/C9H15N3O3S/c1-2-15-7-6-12-16(13,14)9-8(10)4-3-5-11-9/h3-5,12H,2,6-7,10H2,1H3. The van der Waals surface area contributed by atoms with E-state index in [2.05, 4.69) is 9.71 Å². The van der Waals surface area contributed by atoms with Crippen molar-refractivity contribution in [2.75, 3.05) is 25.5 Å². The van der Waals surface area contributed by atoms with Crippen molar-refractivity contribution >= 4 is 15.7 Å². The Morgan fingerprint density at radius 3 is 2.94 bits per heavy atom. The first kappa shape index (κ1) is 12.9. The summed E-state index contributed by atoms with van der Waals surface area (Å²) in [6.07, 6.45) is 1.38. The minimum absolute atomic E-state index is 0.131. The van der Waals surface area contributed by atoms with Crippen LogP contribution >= 0.6 is 0 Å². The van der Waals surface area contributed by atoms with E-state index in [0.29, 0.717) is 13.2 Å². The molecule has 0 saturated heterocycles. The van der Waals surface area contributed by atoms with Gasteiger partial charge in [-0.3, -0.25) is 0 Å². The van der Waals surface area contributed by atoms with Crippen LogP contribution in [-0.2, 0) is 14.8 Å². The lowest BCUT2D eigenvalue weighted by Crippen LogP contribution is -2.28. The number of nitrogens with one attached hydrogen (secondary N) is 1. The molecule has 0 bridgehead atoms. The van der Waals surface area contributed by atoms with Gasteiger partial charge in [0, 0.05) is 19.3 Å². The maximum Gasteiger partial charge on any atom is 0.260 e. The molecule has 0 saturated carbocycles. The van der Waals surface area contributed by atoms with Crippen LogP contribution in [0.4, 0.5) is 5.69 Å². The van der Waals surface area contributed by atoms with Crippen LogP contribution in [0.3, 0.4) is 0 Å². The predicted molar refractivity (Wildman–Crippen MR) is 60.3 cm³/mol. The maximum atomic E-state index is 11.7. The van der Waals surface area contributed by atoms with Crippen LogP contribution in [0.1, 0.15) is 6.92 Å². The van der Waals surface area contributed by atoms with Crippen molar-refractivity contribution in [3.05, 3.63) is 18.3 Å². The molecule has 90 valence electrons. The van der Waals surface area contributed by atoms with Gasteiger partial charge in [-0.25, -0.2) is 18.1 Å². The van der Waals surface area contributed by atoms with E-state index in [0.717, 1.165) is 0 Å². The Bertz CT molecular complexity index is 433. The zero-order valence-corrected chi connectivity index (χ0v) is 9.83. The fraction of sp³-hybridized carbons (Fsp3) is 0.444. The Hall–Kier alpha value is -1.18. The Morgan fingerprint density at radius 1 is 1.56 bits per heavy atom. The number of anilines is 1. The molecule has 0 amide bonds. The Kier molecular flexibility index (Phi) is 4.66. The fourth-order valence-electron chi connectivity index (χ4n) is 1.09. The van der Waals surface area contributed by atoms with Gasteiger partial charge in [0.25, 0.3) is 10.0 Å². The minimum atomic E-state index is -3.64. The van der Waals surface area contributed by atoms with Crippen molar-refractivity contribution in [1.29, 1.82) is 0 Å². The van der Waals surface area contributed by atoms with Crippen LogP contribution in [0.15, 0.2) is 23.4 Å². The summed E-state index contributed by atoms with van der Waals surface area (Å²) in [5, 5.41) is -0.147. The average molecular weight is 245 g/mol. The van der Waals surface area contributed by atoms with Gasteiger partial charge in [0.1, 0.15) is 0 Å². The molecule has 1 aromatic rings. The lowest BCUT2D eigenvalue weighted by Gasteiger charge is -2.07. The monoisotopic (exact) mass is 245 g/mol. The van der Waals surface area contributed by atoms with Crippen molar-refractivity contribution < 1.29 is 13.2 Å². The molecule has 0 aromatic carbocycles. The number of nitrogens with two attached hydrogens (primary N) is 1. The summed E-state index contributed by atoms with van der Waals surface area (Å²) >= 11 is 0. The molecule has 1 heterocycles. The smallest absolute Gasteiger partial charge is 0.260 e. The molecule has 0 unspecified atom stereocenters. The van der Waals surface area contributed by atoms with Crippen LogP contribution in [0.5, 0.6) is 0 Å². The molecule has 0 aliphatic carbocycles. The first-order valence-corrected chi connectivity index (χ1v) is 6.34. The number of aromatic nitrogens is 1. The highest BCUT2D eigenvalue weighted by molar-refractivity contribution is 7.89. The molecule has 7 heteroatoms. The molecular weight excluding hydrogens is 230 g/mol. The highest BCUT2D eigenvalue weighted by Gasteiger charge is 2.17.